The first-order chi connectivity index (χ1) is 16.8. The molecule has 9 nitrogen and oxygen atoms in total. The van der Waals surface area contributed by atoms with Gasteiger partial charge >= 0.3 is 0 Å². The molecule has 0 saturated heterocycles. The number of nitrogens with zero attached hydrogens (tertiary/aromatic N) is 7. The fourth-order valence-corrected chi connectivity index (χ4v) is 4.39. The molecule has 0 radical (unpaired) electrons. The Morgan fingerprint density at radius 1 is 1.20 bits per heavy atom. The second-order valence-corrected chi connectivity index (χ2v) is 9.56. The average Bonchev–Trinajstić information content (AvgIpc) is 3.31. The summed E-state index contributed by atoms with van der Waals surface area (Å²) in [5.74, 6) is 0.690. The standard InChI is InChI=1S/C26H36N8O/c1-7-8-24(35)34(31(5)6)32-12-11-20-13-23(10-9-21(20)16-32)29-26-27-14-19(4)25(30-26)22-15-28-33(17-22)18(2)3/h9-10,13-15,17-18H,7-8,11-12,16H2,1-6H3,(H,27,29,30). The van der Waals surface area contributed by atoms with Crippen LogP contribution in [0, 0.1) is 6.92 Å². The number of hydrogen-bond donors (Lipinski definition) is 1. The first-order valence-corrected chi connectivity index (χ1v) is 12.3. The summed E-state index contributed by atoms with van der Waals surface area (Å²) in [5, 5.41) is 13.6. The van der Waals surface area contributed by atoms with Crippen molar-refractivity contribution in [3.63, 3.8) is 0 Å². The fraction of sp³-hybridized carbons (Fsp3) is 0.462. The van der Waals surface area contributed by atoms with E-state index in [-0.39, 0.29) is 5.91 Å². The van der Waals surface area contributed by atoms with Gasteiger partial charge in [0.15, 0.2) is 0 Å². The van der Waals surface area contributed by atoms with Gasteiger partial charge in [-0.15, -0.1) is 0 Å². The van der Waals surface area contributed by atoms with E-state index >= 15 is 0 Å². The molecule has 4 rings (SSSR count). The van der Waals surface area contributed by atoms with Gasteiger partial charge in [-0.3, -0.25) is 9.48 Å². The molecule has 0 atom stereocenters. The molecule has 1 aliphatic heterocycles. The maximum absolute atomic E-state index is 12.7. The zero-order chi connectivity index (χ0) is 25.1. The molecule has 35 heavy (non-hydrogen) atoms. The van der Waals surface area contributed by atoms with Gasteiger partial charge in [0.2, 0.25) is 5.95 Å². The summed E-state index contributed by atoms with van der Waals surface area (Å²) >= 11 is 0. The van der Waals surface area contributed by atoms with Crippen molar-refractivity contribution in [2.75, 3.05) is 26.0 Å². The lowest BCUT2D eigenvalue weighted by atomic mass is 10.00. The molecule has 9 heteroatoms. The van der Waals surface area contributed by atoms with Crippen LogP contribution in [0.3, 0.4) is 0 Å². The molecular formula is C26H36N8O. The molecule has 0 fully saturated rings. The highest BCUT2D eigenvalue weighted by molar-refractivity contribution is 5.75. The van der Waals surface area contributed by atoms with Crippen molar-refractivity contribution >= 4 is 17.5 Å². The normalized spacial score (nSPS) is 13.8. The molecule has 1 aliphatic rings. The smallest absolute Gasteiger partial charge is 0.251 e. The maximum atomic E-state index is 12.7. The third-order valence-corrected chi connectivity index (χ3v) is 6.16. The number of hydrogen-bond acceptors (Lipinski definition) is 7. The second-order valence-electron chi connectivity index (χ2n) is 9.56. The van der Waals surface area contributed by atoms with E-state index in [9.17, 15) is 4.79 Å². The number of nitrogens with one attached hydrogen (secondary N) is 1. The van der Waals surface area contributed by atoms with E-state index in [0.29, 0.717) is 25.0 Å². The lowest BCUT2D eigenvalue weighted by Gasteiger charge is -2.41. The molecule has 3 heterocycles. The number of aryl methyl sites for hydroxylation is 1. The molecule has 0 unspecified atom stereocenters. The predicted octanol–water partition coefficient (Wildman–Crippen LogP) is 4.35. The Bertz CT molecular complexity index is 1190. The average molecular weight is 477 g/mol. The van der Waals surface area contributed by atoms with Crippen molar-refractivity contribution in [3.05, 3.63) is 53.5 Å². The van der Waals surface area contributed by atoms with E-state index in [4.69, 9.17) is 4.98 Å². The van der Waals surface area contributed by atoms with Crippen LogP contribution in [0.25, 0.3) is 11.3 Å². The molecule has 0 bridgehead atoms. The molecule has 0 spiro atoms. The third kappa shape index (κ3) is 5.52. The molecule has 0 saturated carbocycles. The van der Waals surface area contributed by atoms with Crippen molar-refractivity contribution in [1.29, 1.82) is 0 Å². The Balaban J connectivity index is 1.50. The summed E-state index contributed by atoms with van der Waals surface area (Å²) in [6, 6.07) is 6.64. The Labute approximate surface area is 207 Å². The summed E-state index contributed by atoms with van der Waals surface area (Å²) in [4.78, 5) is 21.9. The number of rotatable bonds is 8. The molecule has 3 aromatic rings. The van der Waals surface area contributed by atoms with E-state index in [0.717, 1.165) is 41.9 Å². The van der Waals surface area contributed by atoms with E-state index in [1.807, 2.05) is 56.2 Å². The third-order valence-electron chi connectivity index (χ3n) is 6.16. The maximum Gasteiger partial charge on any atom is 0.251 e. The summed E-state index contributed by atoms with van der Waals surface area (Å²) in [6.07, 6.45) is 7.97. The van der Waals surface area contributed by atoms with E-state index in [1.54, 1.807) is 5.12 Å². The van der Waals surface area contributed by atoms with Crippen LogP contribution in [0.15, 0.2) is 36.8 Å². The molecule has 1 amide bonds. The van der Waals surface area contributed by atoms with Gasteiger partial charge in [-0.2, -0.15) is 10.1 Å². The first kappa shape index (κ1) is 24.8. The quantitative estimate of drug-likeness (QED) is 0.484. The van der Waals surface area contributed by atoms with E-state index in [2.05, 4.69) is 52.5 Å². The molecule has 1 aromatic carbocycles. The van der Waals surface area contributed by atoms with Crippen molar-refractivity contribution in [1.82, 2.24) is 34.9 Å². The van der Waals surface area contributed by atoms with Gasteiger partial charge in [-0.1, -0.05) is 13.0 Å². The number of anilines is 2. The number of amides is 1. The number of hydrazine groups is 2. The fourth-order valence-electron chi connectivity index (χ4n) is 4.39. The Kier molecular flexibility index (Phi) is 7.47. The van der Waals surface area contributed by atoms with Crippen molar-refractivity contribution in [2.45, 2.75) is 59.5 Å². The van der Waals surface area contributed by atoms with Gasteiger partial charge in [0.25, 0.3) is 5.91 Å². The Morgan fingerprint density at radius 2 is 2.00 bits per heavy atom. The van der Waals surface area contributed by atoms with Gasteiger partial charge in [0.1, 0.15) is 0 Å². The number of carbonyl (C=O) groups excluding carboxylic acids is 1. The second kappa shape index (κ2) is 10.5. The molecule has 1 N–H and O–H groups in total. The minimum absolute atomic E-state index is 0.130. The zero-order valence-corrected chi connectivity index (χ0v) is 21.6. The highest BCUT2D eigenvalue weighted by atomic mass is 16.2. The number of fused-ring (bicyclic) bond motifs is 1. The van der Waals surface area contributed by atoms with Gasteiger partial charge in [0, 0.05) is 63.3 Å². The van der Waals surface area contributed by atoms with Gasteiger partial charge in [-0.05, 0) is 62.4 Å². The predicted molar refractivity (Wildman–Crippen MR) is 138 cm³/mol. The molecule has 186 valence electrons. The Morgan fingerprint density at radius 3 is 2.69 bits per heavy atom. The van der Waals surface area contributed by atoms with Crippen LogP contribution >= 0.6 is 0 Å². The number of carbonyl (C=O) groups is 1. The Hall–Kier alpha value is -3.30. The SMILES string of the molecule is CCCC(=O)N(N(C)C)N1CCc2cc(Nc3ncc(C)c(-c4cnn(C(C)C)c4)n3)ccc2C1. The van der Waals surface area contributed by atoms with E-state index in [1.165, 1.54) is 11.1 Å². The largest absolute Gasteiger partial charge is 0.324 e. The van der Waals surface area contributed by atoms with Crippen molar-refractivity contribution < 1.29 is 4.79 Å². The van der Waals surface area contributed by atoms with Crippen LogP contribution in [0.2, 0.25) is 0 Å². The summed E-state index contributed by atoms with van der Waals surface area (Å²) in [7, 11) is 3.83. The summed E-state index contributed by atoms with van der Waals surface area (Å²) in [6.45, 7) is 9.74. The number of benzene rings is 1. The zero-order valence-electron chi connectivity index (χ0n) is 21.6. The highest BCUT2D eigenvalue weighted by Crippen LogP contribution is 2.27. The minimum Gasteiger partial charge on any atom is -0.324 e. The van der Waals surface area contributed by atoms with Crippen LogP contribution in [-0.4, -0.2) is 61.4 Å². The van der Waals surface area contributed by atoms with Gasteiger partial charge < -0.3 is 5.32 Å². The van der Waals surface area contributed by atoms with Crippen LogP contribution in [0.5, 0.6) is 0 Å². The van der Waals surface area contributed by atoms with Crippen molar-refractivity contribution in [2.24, 2.45) is 0 Å². The molecular weight excluding hydrogens is 440 g/mol. The molecule has 2 aromatic heterocycles. The van der Waals surface area contributed by atoms with Crippen molar-refractivity contribution in [3.8, 4) is 11.3 Å². The van der Waals surface area contributed by atoms with Crippen LogP contribution in [0.1, 0.15) is 56.3 Å². The van der Waals surface area contributed by atoms with Crippen LogP contribution in [-0.2, 0) is 17.8 Å². The molecule has 0 aliphatic carbocycles. The van der Waals surface area contributed by atoms with Gasteiger partial charge in [-0.25, -0.2) is 20.1 Å². The lowest BCUT2D eigenvalue weighted by Crippen LogP contribution is -2.54. The van der Waals surface area contributed by atoms with Gasteiger partial charge in [0.05, 0.1) is 11.9 Å². The minimum atomic E-state index is 0.130. The number of aromatic nitrogens is 4. The topological polar surface area (TPSA) is 82.4 Å². The first-order valence-electron chi connectivity index (χ1n) is 12.3. The van der Waals surface area contributed by atoms with E-state index < -0.39 is 0 Å². The van der Waals surface area contributed by atoms with Crippen LogP contribution < -0.4 is 5.32 Å². The highest BCUT2D eigenvalue weighted by Gasteiger charge is 2.27. The summed E-state index contributed by atoms with van der Waals surface area (Å²) in [5.41, 5.74) is 6.32. The van der Waals surface area contributed by atoms with Crippen LogP contribution in [0.4, 0.5) is 11.6 Å². The lowest BCUT2D eigenvalue weighted by molar-refractivity contribution is -0.192. The summed E-state index contributed by atoms with van der Waals surface area (Å²) < 4.78 is 1.93. The monoisotopic (exact) mass is 476 g/mol.